The Morgan fingerprint density at radius 3 is 2.58 bits per heavy atom. The molecule has 1 N–H and O–H groups in total. The van der Waals surface area contributed by atoms with Crippen molar-refractivity contribution in [2.75, 3.05) is 13.2 Å². The zero-order valence-electron chi connectivity index (χ0n) is 17.5. The van der Waals surface area contributed by atoms with Crippen molar-refractivity contribution < 1.29 is 17.5 Å². The molecule has 0 bridgehead atoms. The Hall–Kier alpha value is -2.55. The van der Waals surface area contributed by atoms with Crippen LogP contribution in [-0.2, 0) is 21.3 Å². The molecular weight excluding hydrogens is 419 g/mol. The van der Waals surface area contributed by atoms with Gasteiger partial charge in [-0.1, -0.05) is 11.6 Å². The second-order valence-electron chi connectivity index (χ2n) is 8.06. The van der Waals surface area contributed by atoms with Gasteiger partial charge in [-0.15, -0.1) is 0 Å². The van der Waals surface area contributed by atoms with Gasteiger partial charge in [0, 0.05) is 25.3 Å². The lowest BCUT2D eigenvalue weighted by Crippen LogP contribution is -2.38. The Bertz CT molecular complexity index is 1260. The van der Waals surface area contributed by atoms with Crippen LogP contribution in [0.25, 0.3) is 10.9 Å². The predicted octanol–water partition coefficient (Wildman–Crippen LogP) is 3.65. The summed E-state index contributed by atoms with van der Waals surface area (Å²) in [6.45, 7) is 4.51. The number of sulfonamides is 1. The van der Waals surface area contributed by atoms with E-state index in [4.69, 9.17) is 4.74 Å². The number of hydrogen-bond donors (Lipinski definition) is 1. The number of nitrogens with zero attached hydrogens (tertiary/aromatic N) is 1. The zero-order valence-corrected chi connectivity index (χ0v) is 18.3. The van der Waals surface area contributed by atoms with Crippen molar-refractivity contribution in [1.82, 2.24) is 9.29 Å². The number of aryl methyl sites for hydroxylation is 2. The summed E-state index contributed by atoms with van der Waals surface area (Å²) >= 11 is 0. The summed E-state index contributed by atoms with van der Waals surface area (Å²) in [6.07, 6.45) is 1.38. The predicted molar refractivity (Wildman–Crippen MR) is 117 cm³/mol. The average molecular weight is 445 g/mol. The highest BCUT2D eigenvalue weighted by atomic mass is 32.2. The first kappa shape index (κ1) is 21.7. The van der Waals surface area contributed by atoms with Crippen LogP contribution in [-0.4, -0.2) is 37.0 Å². The maximum Gasteiger partial charge on any atom is 0.252 e. The van der Waals surface area contributed by atoms with E-state index in [-0.39, 0.29) is 29.6 Å². The van der Waals surface area contributed by atoms with Crippen molar-refractivity contribution in [1.29, 1.82) is 0 Å². The van der Waals surface area contributed by atoms with Crippen LogP contribution in [0.1, 0.15) is 29.5 Å². The molecule has 0 spiro atoms. The van der Waals surface area contributed by atoms with Crippen LogP contribution in [0, 0.1) is 19.7 Å². The third-order valence-corrected chi connectivity index (χ3v) is 7.43. The normalized spacial score (nSPS) is 17.0. The molecule has 164 valence electrons. The Morgan fingerprint density at radius 1 is 1.16 bits per heavy atom. The van der Waals surface area contributed by atoms with Crippen LogP contribution in [0.3, 0.4) is 0 Å². The molecule has 6 nitrogen and oxygen atoms in total. The fourth-order valence-electron chi connectivity index (χ4n) is 4.06. The molecule has 8 heteroatoms. The quantitative estimate of drug-likeness (QED) is 0.629. The van der Waals surface area contributed by atoms with Gasteiger partial charge in [0.05, 0.1) is 16.5 Å². The maximum absolute atomic E-state index is 13.4. The van der Waals surface area contributed by atoms with Crippen LogP contribution in [0.5, 0.6) is 0 Å². The number of rotatable bonds is 6. The number of H-pyrrole nitrogens is 1. The summed E-state index contributed by atoms with van der Waals surface area (Å²) in [5.41, 5.74) is 2.77. The van der Waals surface area contributed by atoms with Gasteiger partial charge in [0.25, 0.3) is 5.56 Å². The number of ether oxygens (including phenoxy) is 1. The minimum atomic E-state index is -3.96. The molecule has 1 aromatic heterocycles. The van der Waals surface area contributed by atoms with Gasteiger partial charge in [-0.2, -0.15) is 4.31 Å². The van der Waals surface area contributed by atoms with Gasteiger partial charge in [0.2, 0.25) is 10.0 Å². The molecule has 1 fully saturated rings. The van der Waals surface area contributed by atoms with Crippen molar-refractivity contribution in [3.8, 4) is 0 Å². The molecule has 0 radical (unpaired) electrons. The second kappa shape index (κ2) is 8.53. The summed E-state index contributed by atoms with van der Waals surface area (Å²) in [7, 11) is -3.96. The third kappa shape index (κ3) is 4.56. The topological polar surface area (TPSA) is 79.5 Å². The highest BCUT2D eigenvalue weighted by Crippen LogP contribution is 2.24. The second-order valence-corrected chi connectivity index (χ2v) is 9.99. The Balaban J connectivity index is 1.74. The van der Waals surface area contributed by atoms with Crippen LogP contribution in [0.4, 0.5) is 4.39 Å². The van der Waals surface area contributed by atoms with Gasteiger partial charge >= 0.3 is 0 Å². The first-order chi connectivity index (χ1) is 14.7. The van der Waals surface area contributed by atoms with Crippen molar-refractivity contribution >= 4 is 20.9 Å². The molecule has 2 aromatic carbocycles. The molecule has 0 saturated carbocycles. The molecule has 0 amide bonds. The minimum Gasteiger partial charge on any atom is -0.377 e. The molecule has 2 heterocycles. The fraction of sp³-hybridized carbons (Fsp3) is 0.348. The number of aromatic amines is 1. The summed E-state index contributed by atoms with van der Waals surface area (Å²) in [4.78, 5) is 15.7. The number of pyridine rings is 1. The van der Waals surface area contributed by atoms with E-state index in [2.05, 4.69) is 4.98 Å². The first-order valence-electron chi connectivity index (χ1n) is 10.2. The fourth-order valence-corrected chi connectivity index (χ4v) is 5.51. The summed E-state index contributed by atoms with van der Waals surface area (Å²) in [5, 5.41) is 0.850. The van der Waals surface area contributed by atoms with E-state index >= 15 is 0 Å². The Labute approximate surface area is 180 Å². The highest BCUT2D eigenvalue weighted by molar-refractivity contribution is 7.89. The average Bonchev–Trinajstić information content (AvgIpc) is 3.22. The number of fused-ring (bicyclic) bond motifs is 1. The highest BCUT2D eigenvalue weighted by Gasteiger charge is 2.30. The Kier molecular flexibility index (Phi) is 5.96. The van der Waals surface area contributed by atoms with E-state index in [0.29, 0.717) is 12.2 Å². The summed E-state index contributed by atoms with van der Waals surface area (Å²) < 4.78 is 47.0. The number of hydrogen-bond acceptors (Lipinski definition) is 4. The standard InChI is InChI=1S/C23H25FN2O4S/c1-15-10-16(2)22-17(11-15)12-18(23(27)25-22)13-26(14-20-4-3-9-30-20)31(28,29)21-7-5-19(24)6-8-21/h5-8,10-12,20H,3-4,9,13-14H2,1-2H3,(H,25,27)/t20-/m1/s1. The molecular formula is C23H25FN2O4S. The van der Waals surface area contributed by atoms with E-state index in [0.717, 1.165) is 47.0 Å². The first-order valence-corrected chi connectivity index (χ1v) is 11.7. The van der Waals surface area contributed by atoms with Gasteiger partial charge in [0.15, 0.2) is 0 Å². The molecule has 3 aromatic rings. The molecule has 31 heavy (non-hydrogen) atoms. The van der Waals surface area contributed by atoms with Crippen molar-refractivity contribution in [2.24, 2.45) is 0 Å². The van der Waals surface area contributed by atoms with Crippen molar-refractivity contribution in [3.63, 3.8) is 0 Å². The minimum absolute atomic E-state index is 0.0178. The number of benzene rings is 2. The van der Waals surface area contributed by atoms with Crippen LogP contribution in [0.15, 0.2) is 52.2 Å². The van der Waals surface area contributed by atoms with Gasteiger partial charge < -0.3 is 9.72 Å². The molecule has 4 rings (SSSR count). The lowest BCUT2D eigenvalue weighted by Gasteiger charge is -2.25. The lowest BCUT2D eigenvalue weighted by molar-refractivity contribution is 0.0925. The van der Waals surface area contributed by atoms with Crippen molar-refractivity contribution in [2.45, 2.75) is 44.2 Å². The molecule has 1 saturated heterocycles. The lowest BCUT2D eigenvalue weighted by atomic mass is 10.1. The molecule has 1 aliphatic heterocycles. The smallest absolute Gasteiger partial charge is 0.252 e. The van der Waals surface area contributed by atoms with E-state index < -0.39 is 15.8 Å². The van der Waals surface area contributed by atoms with E-state index in [1.165, 1.54) is 16.4 Å². The van der Waals surface area contributed by atoms with Crippen LogP contribution < -0.4 is 5.56 Å². The van der Waals surface area contributed by atoms with Crippen LogP contribution in [0.2, 0.25) is 0 Å². The maximum atomic E-state index is 13.4. The van der Waals surface area contributed by atoms with Gasteiger partial charge in [-0.25, -0.2) is 12.8 Å². The molecule has 1 atom stereocenters. The van der Waals surface area contributed by atoms with Crippen LogP contribution >= 0.6 is 0 Å². The monoisotopic (exact) mass is 444 g/mol. The van der Waals surface area contributed by atoms with E-state index in [9.17, 15) is 17.6 Å². The number of halogens is 1. The zero-order chi connectivity index (χ0) is 22.2. The summed E-state index contributed by atoms with van der Waals surface area (Å²) in [5.74, 6) is -0.513. The number of nitrogens with one attached hydrogen (secondary N) is 1. The van der Waals surface area contributed by atoms with Gasteiger partial charge in [-0.05, 0) is 74.0 Å². The largest absolute Gasteiger partial charge is 0.377 e. The van der Waals surface area contributed by atoms with Crippen molar-refractivity contribution in [3.05, 3.63) is 75.3 Å². The van der Waals surface area contributed by atoms with E-state index in [1.54, 1.807) is 6.07 Å². The van der Waals surface area contributed by atoms with E-state index in [1.807, 2.05) is 26.0 Å². The van der Waals surface area contributed by atoms with Gasteiger partial charge in [0.1, 0.15) is 5.82 Å². The SMILES string of the molecule is Cc1cc(C)c2[nH]c(=O)c(CN(C[C@H]3CCCO3)S(=O)(=O)c3ccc(F)cc3)cc2c1. The molecule has 0 unspecified atom stereocenters. The third-order valence-electron chi connectivity index (χ3n) is 5.60. The Morgan fingerprint density at radius 2 is 1.90 bits per heavy atom. The van der Waals surface area contributed by atoms with Gasteiger partial charge in [-0.3, -0.25) is 4.79 Å². The molecule has 1 aliphatic rings. The molecule has 0 aliphatic carbocycles. The summed E-state index contributed by atoms with van der Waals surface area (Å²) in [6, 6.07) is 10.4. The number of aromatic nitrogens is 1.